The van der Waals surface area contributed by atoms with E-state index in [1.54, 1.807) is 24.0 Å². The van der Waals surface area contributed by atoms with Gasteiger partial charge in [-0.1, -0.05) is 12.1 Å². The first kappa shape index (κ1) is 23.3. The Morgan fingerprint density at radius 2 is 1.95 bits per heavy atom. The molecule has 3 saturated heterocycles. The highest BCUT2D eigenvalue weighted by atomic mass is 19.1. The zero-order valence-electron chi connectivity index (χ0n) is 20.6. The van der Waals surface area contributed by atoms with E-state index >= 15 is 0 Å². The average Bonchev–Trinajstić information content (AvgIpc) is 3.38. The van der Waals surface area contributed by atoms with E-state index in [1.165, 1.54) is 12.0 Å². The summed E-state index contributed by atoms with van der Waals surface area (Å²) in [7, 11) is 1.69. The number of hydrogen-bond acceptors (Lipinski definition) is 7. The predicted molar refractivity (Wildman–Crippen MR) is 141 cm³/mol. The summed E-state index contributed by atoms with van der Waals surface area (Å²) in [6, 6.07) is 17.6. The number of piperidine rings is 1. The van der Waals surface area contributed by atoms with Crippen LogP contribution in [0.3, 0.4) is 0 Å². The molecule has 9 heteroatoms. The minimum Gasteiger partial charge on any atom is -0.497 e. The third kappa shape index (κ3) is 4.34. The molecule has 3 aliphatic heterocycles. The lowest BCUT2D eigenvalue weighted by atomic mass is 9.86. The Labute approximate surface area is 214 Å². The van der Waals surface area contributed by atoms with Crippen LogP contribution in [0, 0.1) is 11.3 Å². The Hall–Kier alpha value is -4.16. The number of pyridine rings is 2. The van der Waals surface area contributed by atoms with Crippen molar-refractivity contribution in [2.45, 2.75) is 25.0 Å². The van der Waals surface area contributed by atoms with Crippen molar-refractivity contribution >= 4 is 17.0 Å². The lowest BCUT2D eigenvalue weighted by Gasteiger charge is -2.56. The first-order chi connectivity index (χ1) is 18.2. The molecule has 4 aromatic rings. The smallest absolute Gasteiger partial charge is 0.128 e. The van der Waals surface area contributed by atoms with Crippen molar-refractivity contribution < 1.29 is 9.13 Å². The molecule has 3 aromatic heterocycles. The molecule has 0 aliphatic carbocycles. The van der Waals surface area contributed by atoms with Gasteiger partial charge in [0.25, 0.3) is 0 Å². The van der Waals surface area contributed by atoms with Crippen LogP contribution in [-0.4, -0.2) is 65.0 Å². The van der Waals surface area contributed by atoms with Crippen LogP contribution in [0.4, 0.5) is 15.9 Å². The molecule has 6 heterocycles. The van der Waals surface area contributed by atoms with Gasteiger partial charge < -0.3 is 15.0 Å². The Balaban J connectivity index is 1.19. The number of alkyl halides is 1. The minimum atomic E-state index is -0.471. The lowest BCUT2D eigenvalue weighted by molar-refractivity contribution is -0.00868. The SMILES string of the molecule is COc1ccc(CN2C3CC2CN(c2ccc(-c4cc(NCCF)cn5ncc(C#N)c45)cn2)C3)cc1. The van der Waals surface area contributed by atoms with Gasteiger partial charge >= 0.3 is 0 Å². The molecule has 3 fully saturated rings. The van der Waals surface area contributed by atoms with E-state index in [9.17, 15) is 9.65 Å². The summed E-state index contributed by atoms with van der Waals surface area (Å²) >= 11 is 0. The van der Waals surface area contributed by atoms with Gasteiger partial charge in [0, 0.05) is 55.6 Å². The van der Waals surface area contributed by atoms with Crippen LogP contribution in [0.2, 0.25) is 0 Å². The molecular weight excluding hydrogens is 469 g/mol. The van der Waals surface area contributed by atoms with Gasteiger partial charge in [0.2, 0.25) is 0 Å². The van der Waals surface area contributed by atoms with E-state index in [4.69, 9.17) is 9.72 Å². The Morgan fingerprint density at radius 3 is 2.62 bits per heavy atom. The highest BCUT2D eigenvalue weighted by Crippen LogP contribution is 2.36. The molecule has 2 bridgehead atoms. The molecule has 7 rings (SSSR count). The number of anilines is 2. The molecule has 37 heavy (non-hydrogen) atoms. The number of aromatic nitrogens is 3. The quantitative estimate of drug-likeness (QED) is 0.392. The maximum Gasteiger partial charge on any atom is 0.128 e. The van der Waals surface area contributed by atoms with Crippen LogP contribution in [0.5, 0.6) is 5.75 Å². The highest BCUT2D eigenvalue weighted by molar-refractivity contribution is 5.86. The maximum atomic E-state index is 12.7. The van der Waals surface area contributed by atoms with E-state index < -0.39 is 6.67 Å². The molecule has 0 amide bonds. The second-order valence-corrected chi connectivity index (χ2v) is 9.60. The number of nitrogens with one attached hydrogen (secondary N) is 1. The Bertz CT molecular complexity index is 1430. The van der Waals surface area contributed by atoms with E-state index in [0.29, 0.717) is 17.6 Å². The number of nitrogens with zero attached hydrogens (tertiary/aromatic N) is 6. The highest BCUT2D eigenvalue weighted by Gasteiger charge is 2.44. The van der Waals surface area contributed by atoms with Crippen LogP contribution < -0.4 is 15.0 Å². The molecule has 0 saturated carbocycles. The molecule has 1 aromatic carbocycles. The van der Waals surface area contributed by atoms with E-state index in [-0.39, 0.29) is 6.54 Å². The number of hydrogen-bond donors (Lipinski definition) is 1. The molecule has 0 spiro atoms. The molecule has 2 unspecified atom stereocenters. The monoisotopic (exact) mass is 497 g/mol. The molecule has 1 N–H and O–H groups in total. The fourth-order valence-corrected chi connectivity index (χ4v) is 5.52. The maximum absolute atomic E-state index is 12.7. The molecule has 188 valence electrons. The first-order valence-electron chi connectivity index (χ1n) is 12.5. The van der Waals surface area contributed by atoms with Gasteiger partial charge in [-0.3, -0.25) is 4.90 Å². The van der Waals surface area contributed by atoms with Crippen molar-refractivity contribution in [3.63, 3.8) is 0 Å². The van der Waals surface area contributed by atoms with Crippen molar-refractivity contribution in [3.8, 4) is 22.9 Å². The van der Waals surface area contributed by atoms with Crippen LogP contribution in [0.1, 0.15) is 17.5 Å². The van der Waals surface area contributed by atoms with Crippen LogP contribution in [-0.2, 0) is 6.54 Å². The van der Waals surface area contributed by atoms with Crippen LogP contribution in [0.25, 0.3) is 16.6 Å². The average molecular weight is 498 g/mol. The molecule has 2 atom stereocenters. The number of methoxy groups -OCH3 is 1. The zero-order chi connectivity index (χ0) is 25.4. The topological polar surface area (TPSA) is 81.7 Å². The van der Waals surface area contributed by atoms with Crippen LogP contribution >= 0.6 is 0 Å². The third-order valence-electron chi connectivity index (χ3n) is 7.41. The molecule has 3 aliphatic rings. The molecule has 0 radical (unpaired) electrons. The Morgan fingerprint density at radius 1 is 1.14 bits per heavy atom. The summed E-state index contributed by atoms with van der Waals surface area (Å²) < 4.78 is 19.7. The third-order valence-corrected chi connectivity index (χ3v) is 7.41. The summed E-state index contributed by atoms with van der Waals surface area (Å²) in [6.07, 6.45) is 6.40. The van der Waals surface area contributed by atoms with Gasteiger partial charge in [-0.25, -0.2) is 13.9 Å². The van der Waals surface area contributed by atoms with Crippen LogP contribution in [0.15, 0.2) is 61.1 Å². The van der Waals surface area contributed by atoms with Gasteiger partial charge in [-0.05, 0) is 42.3 Å². The van der Waals surface area contributed by atoms with Gasteiger partial charge in [0.05, 0.1) is 36.3 Å². The number of fused-ring (bicyclic) bond motifs is 3. The summed E-state index contributed by atoms with van der Waals surface area (Å²) in [6.45, 7) is 2.60. The van der Waals surface area contributed by atoms with Crippen molar-refractivity contribution in [2.24, 2.45) is 0 Å². The van der Waals surface area contributed by atoms with E-state index in [0.717, 1.165) is 53.5 Å². The fourth-order valence-electron chi connectivity index (χ4n) is 5.52. The normalized spacial score (nSPS) is 18.9. The number of benzene rings is 1. The van der Waals surface area contributed by atoms with E-state index in [2.05, 4.69) is 44.5 Å². The van der Waals surface area contributed by atoms with E-state index in [1.807, 2.05) is 30.5 Å². The largest absolute Gasteiger partial charge is 0.497 e. The van der Waals surface area contributed by atoms with Gasteiger partial charge in [-0.15, -0.1) is 0 Å². The minimum absolute atomic E-state index is 0.210. The summed E-state index contributed by atoms with van der Waals surface area (Å²) in [5.74, 6) is 1.84. The van der Waals surface area contributed by atoms with Crippen molar-refractivity contribution in [2.75, 3.05) is 43.6 Å². The number of nitriles is 1. The van der Waals surface area contributed by atoms with Gasteiger partial charge in [-0.2, -0.15) is 10.4 Å². The second kappa shape index (κ2) is 9.71. The zero-order valence-corrected chi connectivity index (χ0v) is 20.6. The summed E-state index contributed by atoms with van der Waals surface area (Å²) in [5, 5.41) is 17.0. The fraction of sp³-hybridized carbons (Fsp3) is 0.321. The van der Waals surface area contributed by atoms with Gasteiger partial charge in [0.15, 0.2) is 0 Å². The number of rotatable bonds is 8. The molecule has 8 nitrogen and oxygen atoms in total. The first-order valence-corrected chi connectivity index (χ1v) is 12.5. The van der Waals surface area contributed by atoms with Crippen molar-refractivity contribution in [1.29, 1.82) is 5.26 Å². The number of ether oxygens (including phenoxy) is 1. The van der Waals surface area contributed by atoms with Gasteiger partial charge in [0.1, 0.15) is 24.3 Å². The summed E-state index contributed by atoms with van der Waals surface area (Å²) in [4.78, 5) is 9.75. The Kier molecular flexibility index (Phi) is 6.10. The number of piperazine rings is 1. The predicted octanol–water partition coefficient (Wildman–Crippen LogP) is 4.12. The van der Waals surface area contributed by atoms with Crippen molar-refractivity contribution in [3.05, 3.63) is 72.2 Å². The summed E-state index contributed by atoms with van der Waals surface area (Å²) in [5.41, 5.74) is 4.98. The van der Waals surface area contributed by atoms with Crippen molar-refractivity contribution in [1.82, 2.24) is 19.5 Å². The molecular formula is C28H28FN7O. The second-order valence-electron chi connectivity index (χ2n) is 9.60. The lowest BCUT2D eigenvalue weighted by Crippen LogP contribution is -2.68. The number of halogens is 1. The standard InChI is InChI=1S/C28H28FN7O/c1-37-25-5-2-19(3-6-25)15-35-23-11-24(35)18-34(17-23)27-7-4-20(13-32-27)26-10-22(31-9-8-29)16-36-28(26)21(12-30)14-33-36/h2-7,10,13-14,16,23-24,31H,8-9,11,15,17-18H2,1H3.